The Kier molecular flexibility index (Phi) is 6.14. The monoisotopic (exact) mass is 585 g/mol. The van der Waals surface area contributed by atoms with Crippen LogP contribution >= 0.6 is 0 Å². The van der Waals surface area contributed by atoms with Crippen molar-refractivity contribution in [3.05, 3.63) is 164 Å². The van der Waals surface area contributed by atoms with E-state index in [0.717, 1.165) is 44.0 Å². The van der Waals surface area contributed by atoms with Crippen LogP contribution in [0.1, 0.15) is 0 Å². The van der Waals surface area contributed by atoms with Crippen LogP contribution in [0.15, 0.2) is 164 Å². The molecular formula is C43H27N3. The lowest BCUT2D eigenvalue weighted by Gasteiger charge is -2.16. The lowest BCUT2D eigenvalue weighted by atomic mass is 9.92. The smallest absolute Gasteiger partial charge is 0.165 e. The number of aromatic nitrogens is 3. The van der Waals surface area contributed by atoms with Gasteiger partial charge in [-0.1, -0.05) is 158 Å². The number of hydrogen-bond acceptors (Lipinski definition) is 3. The minimum atomic E-state index is 0.647. The normalized spacial score (nSPS) is 11.5. The molecule has 0 fully saturated rings. The Balaban J connectivity index is 1.37. The molecule has 0 saturated carbocycles. The highest BCUT2D eigenvalue weighted by atomic mass is 15.0. The van der Waals surface area contributed by atoms with E-state index >= 15 is 0 Å². The molecule has 9 rings (SSSR count). The number of fused-ring (bicyclic) bond motifs is 5. The van der Waals surface area contributed by atoms with Gasteiger partial charge in [0.15, 0.2) is 17.5 Å². The molecule has 1 heterocycles. The maximum absolute atomic E-state index is 5.32. The van der Waals surface area contributed by atoms with Gasteiger partial charge in [0.2, 0.25) is 0 Å². The van der Waals surface area contributed by atoms with Gasteiger partial charge >= 0.3 is 0 Å². The number of hydrogen-bond donors (Lipinski definition) is 0. The van der Waals surface area contributed by atoms with Gasteiger partial charge in [-0.2, -0.15) is 0 Å². The fraction of sp³-hybridized carbons (Fsp3) is 0. The Bertz CT molecular complexity index is 2580. The third-order valence-electron chi connectivity index (χ3n) is 8.91. The zero-order valence-corrected chi connectivity index (χ0v) is 24.9. The Morgan fingerprint density at radius 2 is 0.848 bits per heavy atom. The first-order valence-electron chi connectivity index (χ1n) is 15.5. The van der Waals surface area contributed by atoms with E-state index in [0.29, 0.717) is 17.5 Å². The highest BCUT2D eigenvalue weighted by molar-refractivity contribution is 6.19. The summed E-state index contributed by atoms with van der Waals surface area (Å²) in [7, 11) is 0. The summed E-state index contributed by atoms with van der Waals surface area (Å²) in [5.41, 5.74) is 5.17. The summed E-state index contributed by atoms with van der Waals surface area (Å²) in [5, 5.41) is 9.39. The zero-order valence-electron chi connectivity index (χ0n) is 24.9. The average Bonchev–Trinajstić information content (AvgIpc) is 3.13. The molecule has 0 atom stereocenters. The minimum absolute atomic E-state index is 0.647. The summed E-state index contributed by atoms with van der Waals surface area (Å²) in [5.74, 6) is 1.96. The summed E-state index contributed by atoms with van der Waals surface area (Å²) >= 11 is 0. The van der Waals surface area contributed by atoms with Gasteiger partial charge in [0.25, 0.3) is 0 Å². The molecule has 0 aliphatic rings. The molecule has 9 aromatic rings. The largest absolute Gasteiger partial charge is 0.208 e. The summed E-state index contributed by atoms with van der Waals surface area (Å²) in [4.78, 5) is 15.7. The molecule has 0 unspecified atom stereocenters. The molecule has 0 N–H and O–H groups in total. The van der Waals surface area contributed by atoms with Crippen molar-refractivity contribution >= 4 is 43.1 Å². The summed E-state index contributed by atoms with van der Waals surface area (Å²) in [6, 6.07) is 57.5. The first kappa shape index (κ1) is 26.2. The first-order valence-corrected chi connectivity index (χ1v) is 15.5. The van der Waals surface area contributed by atoms with Crippen LogP contribution < -0.4 is 0 Å². The quantitative estimate of drug-likeness (QED) is 0.152. The molecule has 0 radical (unpaired) electrons. The second-order valence-corrected chi connectivity index (χ2v) is 11.6. The van der Waals surface area contributed by atoms with Crippen molar-refractivity contribution in [2.24, 2.45) is 0 Å². The zero-order chi connectivity index (χ0) is 30.5. The van der Waals surface area contributed by atoms with E-state index in [-0.39, 0.29) is 0 Å². The maximum Gasteiger partial charge on any atom is 0.165 e. The van der Waals surface area contributed by atoms with Gasteiger partial charge in [-0.05, 0) is 60.3 Å². The van der Waals surface area contributed by atoms with Crippen LogP contribution in [-0.2, 0) is 0 Å². The Hall–Kier alpha value is -6.19. The second-order valence-electron chi connectivity index (χ2n) is 11.6. The Morgan fingerprint density at radius 3 is 1.67 bits per heavy atom. The van der Waals surface area contributed by atoms with E-state index in [2.05, 4.69) is 146 Å². The number of benzene rings is 8. The molecule has 0 spiro atoms. The van der Waals surface area contributed by atoms with Gasteiger partial charge in [0.1, 0.15) is 0 Å². The molecular weight excluding hydrogens is 558 g/mol. The molecule has 0 aliphatic heterocycles. The molecule has 0 aliphatic carbocycles. The van der Waals surface area contributed by atoms with E-state index < -0.39 is 0 Å². The van der Waals surface area contributed by atoms with Gasteiger partial charge in [0.05, 0.1) is 0 Å². The van der Waals surface area contributed by atoms with Gasteiger partial charge in [-0.15, -0.1) is 0 Å². The first-order chi connectivity index (χ1) is 22.8. The SMILES string of the molecule is c1ccc(-c2nc(-c3ccccc3-c3cccc4ccccc34)nc(-c3c4ccccc4cc4c3ccc3ccccc34)n2)cc1. The second kappa shape index (κ2) is 10.8. The van der Waals surface area contributed by atoms with E-state index in [1.54, 1.807) is 0 Å². The summed E-state index contributed by atoms with van der Waals surface area (Å²) in [6.45, 7) is 0. The fourth-order valence-electron chi connectivity index (χ4n) is 6.76. The Morgan fingerprint density at radius 1 is 0.283 bits per heavy atom. The predicted molar refractivity (Wildman–Crippen MR) is 192 cm³/mol. The molecule has 3 heteroatoms. The molecule has 0 amide bonds. The lowest BCUT2D eigenvalue weighted by molar-refractivity contribution is 1.08. The highest BCUT2D eigenvalue weighted by Gasteiger charge is 2.20. The van der Waals surface area contributed by atoms with Crippen LogP contribution in [0.4, 0.5) is 0 Å². The molecule has 1 aromatic heterocycles. The maximum atomic E-state index is 5.32. The molecule has 0 bridgehead atoms. The minimum Gasteiger partial charge on any atom is -0.208 e. The Labute approximate surface area is 266 Å². The topological polar surface area (TPSA) is 38.7 Å². The number of nitrogens with zero attached hydrogens (tertiary/aromatic N) is 3. The molecule has 8 aromatic carbocycles. The highest BCUT2D eigenvalue weighted by Crippen LogP contribution is 2.40. The van der Waals surface area contributed by atoms with Crippen molar-refractivity contribution in [2.75, 3.05) is 0 Å². The molecule has 3 nitrogen and oxygen atoms in total. The molecule has 0 saturated heterocycles. The summed E-state index contributed by atoms with van der Waals surface area (Å²) < 4.78 is 0. The number of rotatable bonds is 4. The van der Waals surface area contributed by atoms with E-state index in [1.165, 1.54) is 26.9 Å². The third-order valence-corrected chi connectivity index (χ3v) is 8.91. The average molecular weight is 586 g/mol. The van der Waals surface area contributed by atoms with Gasteiger partial charge in [0, 0.05) is 16.7 Å². The fourth-order valence-corrected chi connectivity index (χ4v) is 6.76. The van der Waals surface area contributed by atoms with Crippen molar-refractivity contribution in [3.63, 3.8) is 0 Å². The van der Waals surface area contributed by atoms with Crippen molar-refractivity contribution in [2.45, 2.75) is 0 Å². The van der Waals surface area contributed by atoms with Crippen molar-refractivity contribution in [1.29, 1.82) is 0 Å². The van der Waals surface area contributed by atoms with Crippen LogP contribution in [0.3, 0.4) is 0 Å². The van der Waals surface area contributed by atoms with Crippen LogP contribution in [0.5, 0.6) is 0 Å². The molecule has 46 heavy (non-hydrogen) atoms. The van der Waals surface area contributed by atoms with Gasteiger partial charge in [-0.3, -0.25) is 0 Å². The van der Waals surface area contributed by atoms with Crippen molar-refractivity contribution in [3.8, 4) is 45.3 Å². The van der Waals surface area contributed by atoms with E-state index in [4.69, 9.17) is 15.0 Å². The van der Waals surface area contributed by atoms with Crippen molar-refractivity contribution in [1.82, 2.24) is 15.0 Å². The van der Waals surface area contributed by atoms with Crippen LogP contribution in [0, 0.1) is 0 Å². The molecule has 214 valence electrons. The van der Waals surface area contributed by atoms with Crippen LogP contribution in [-0.4, -0.2) is 15.0 Å². The van der Waals surface area contributed by atoms with Crippen LogP contribution in [0.2, 0.25) is 0 Å². The van der Waals surface area contributed by atoms with Crippen molar-refractivity contribution < 1.29 is 0 Å². The standard InChI is InChI=1S/C43H27N3/c1-2-15-30(16-3-1)41-44-42(38-23-11-10-22-36(38)35-24-12-18-28-13-4-7-19-32(28)35)46-43(45-41)40-34-21-9-6-17-31(34)27-39-33-20-8-5-14-29(33)25-26-37(39)40/h1-27H. The third kappa shape index (κ3) is 4.33. The summed E-state index contributed by atoms with van der Waals surface area (Å²) in [6.07, 6.45) is 0. The predicted octanol–water partition coefficient (Wildman–Crippen LogP) is 11.2. The van der Waals surface area contributed by atoms with Gasteiger partial charge < -0.3 is 0 Å². The van der Waals surface area contributed by atoms with E-state index in [9.17, 15) is 0 Å². The van der Waals surface area contributed by atoms with Crippen LogP contribution in [0.25, 0.3) is 88.4 Å². The van der Waals surface area contributed by atoms with Gasteiger partial charge in [-0.25, -0.2) is 15.0 Å². The lowest BCUT2D eigenvalue weighted by Crippen LogP contribution is -2.02. The van der Waals surface area contributed by atoms with E-state index in [1.807, 2.05) is 18.2 Å².